The van der Waals surface area contributed by atoms with Crippen LogP contribution in [-0.4, -0.2) is 7.11 Å². The summed E-state index contributed by atoms with van der Waals surface area (Å²) in [6.45, 7) is 0. The molecule has 1 aromatic rings. The van der Waals surface area contributed by atoms with Crippen molar-refractivity contribution in [2.45, 2.75) is 18.9 Å². The summed E-state index contributed by atoms with van der Waals surface area (Å²) in [6, 6.07) is 5.76. The molecule has 0 aromatic heterocycles. The zero-order valence-corrected chi connectivity index (χ0v) is 10.3. The largest absolute Gasteiger partial charge is 0.496 e. The molecule has 0 saturated carbocycles. The molecular formula is C12H14BrNO. The highest BCUT2D eigenvalue weighted by atomic mass is 79.9. The van der Waals surface area contributed by atoms with Gasteiger partial charge in [-0.25, -0.2) is 0 Å². The summed E-state index contributed by atoms with van der Waals surface area (Å²) < 4.78 is 6.24. The number of methoxy groups -OCH3 is 1. The van der Waals surface area contributed by atoms with Crippen molar-refractivity contribution in [1.82, 2.24) is 0 Å². The van der Waals surface area contributed by atoms with E-state index in [4.69, 9.17) is 16.9 Å². The second kappa shape index (κ2) is 5.79. The predicted molar refractivity (Wildman–Crippen MR) is 65.7 cm³/mol. The molecule has 0 aliphatic heterocycles. The number of nitrogens with two attached hydrogens (primary N) is 1. The van der Waals surface area contributed by atoms with Crippen molar-refractivity contribution in [2.75, 3.05) is 7.11 Å². The van der Waals surface area contributed by atoms with Crippen molar-refractivity contribution in [3.63, 3.8) is 0 Å². The maximum absolute atomic E-state index is 6.02. The van der Waals surface area contributed by atoms with E-state index in [1.54, 1.807) is 7.11 Å². The van der Waals surface area contributed by atoms with Crippen LogP contribution in [0.4, 0.5) is 0 Å². The lowest BCUT2D eigenvalue weighted by Crippen LogP contribution is -2.11. The minimum Gasteiger partial charge on any atom is -0.496 e. The molecule has 2 N–H and O–H groups in total. The molecule has 2 nitrogen and oxygen atoms in total. The maximum atomic E-state index is 6.02. The first-order valence-electron chi connectivity index (χ1n) is 4.71. The Morgan fingerprint density at radius 2 is 2.33 bits per heavy atom. The van der Waals surface area contributed by atoms with Gasteiger partial charge in [0, 0.05) is 22.5 Å². The van der Waals surface area contributed by atoms with Crippen molar-refractivity contribution in [1.29, 1.82) is 0 Å². The molecule has 1 unspecified atom stereocenters. The summed E-state index contributed by atoms with van der Waals surface area (Å²) in [5.41, 5.74) is 7.01. The van der Waals surface area contributed by atoms with Gasteiger partial charge in [-0.2, -0.15) is 0 Å². The van der Waals surface area contributed by atoms with E-state index in [0.717, 1.165) is 22.2 Å². The second-order valence-corrected chi connectivity index (χ2v) is 4.15. The fourth-order valence-corrected chi connectivity index (χ4v) is 1.73. The normalized spacial score (nSPS) is 11.9. The van der Waals surface area contributed by atoms with Gasteiger partial charge < -0.3 is 10.5 Å². The third kappa shape index (κ3) is 3.26. The molecule has 0 aliphatic rings. The first-order chi connectivity index (χ1) is 7.19. The van der Waals surface area contributed by atoms with Crippen LogP contribution in [0.25, 0.3) is 0 Å². The van der Waals surface area contributed by atoms with Crippen LogP contribution in [0.2, 0.25) is 0 Å². The van der Waals surface area contributed by atoms with Gasteiger partial charge in [-0.3, -0.25) is 0 Å². The van der Waals surface area contributed by atoms with Crippen LogP contribution < -0.4 is 10.5 Å². The zero-order valence-electron chi connectivity index (χ0n) is 8.66. The third-order valence-corrected chi connectivity index (χ3v) is 2.69. The van der Waals surface area contributed by atoms with Crippen LogP contribution in [0.15, 0.2) is 22.7 Å². The Balaban J connectivity index is 2.88. The first kappa shape index (κ1) is 12.1. The molecular weight excluding hydrogens is 254 g/mol. The number of terminal acetylenes is 1. The number of rotatable bonds is 4. The minimum atomic E-state index is -0.0656. The summed E-state index contributed by atoms with van der Waals surface area (Å²) in [5, 5.41) is 0. The molecule has 0 spiro atoms. The minimum absolute atomic E-state index is 0.0656. The van der Waals surface area contributed by atoms with E-state index in [1.807, 2.05) is 18.2 Å². The van der Waals surface area contributed by atoms with E-state index in [-0.39, 0.29) is 6.04 Å². The SMILES string of the molecule is C#CCCC(N)c1ccc(Br)cc1OC. The Labute approximate surface area is 98.9 Å². The summed E-state index contributed by atoms with van der Waals surface area (Å²) in [7, 11) is 1.64. The molecule has 0 bridgehead atoms. The molecule has 3 heteroatoms. The number of hydrogen-bond donors (Lipinski definition) is 1. The lowest BCUT2D eigenvalue weighted by molar-refractivity contribution is 0.404. The van der Waals surface area contributed by atoms with Gasteiger partial charge >= 0.3 is 0 Å². The molecule has 15 heavy (non-hydrogen) atoms. The molecule has 0 fully saturated rings. The standard InChI is InChI=1S/C12H14BrNO/c1-3-4-5-11(14)10-7-6-9(13)8-12(10)15-2/h1,6-8,11H,4-5,14H2,2H3. The predicted octanol–water partition coefficient (Wildman–Crippen LogP) is 2.87. The van der Waals surface area contributed by atoms with Gasteiger partial charge in [0.1, 0.15) is 5.75 Å². The van der Waals surface area contributed by atoms with Crippen molar-refractivity contribution in [3.8, 4) is 18.1 Å². The quantitative estimate of drug-likeness (QED) is 0.852. The van der Waals surface area contributed by atoms with E-state index in [0.29, 0.717) is 6.42 Å². The topological polar surface area (TPSA) is 35.2 Å². The average molecular weight is 268 g/mol. The number of hydrogen-bond acceptors (Lipinski definition) is 2. The van der Waals surface area contributed by atoms with Gasteiger partial charge in [-0.1, -0.05) is 22.0 Å². The molecule has 1 aromatic carbocycles. The van der Waals surface area contributed by atoms with Crippen LogP contribution in [0.5, 0.6) is 5.75 Å². The van der Waals surface area contributed by atoms with Gasteiger partial charge in [0.2, 0.25) is 0 Å². The van der Waals surface area contributed by atoms with Crippen LogP contribution in [0.1, 0.15) is 24.4 Å². The molecule has 1 atom stereocenters. The molecule has 0 saturated heterocycles. The van der Waals surface area contributed by atoms with E-state index >= 15 is 0 Å². The first-order valence-corrected chi connectivity index (χ1v) is 5.50. The fraction of sp³-hybridized carbons (Fsp3) is 0.333. The molecule has 0 amide bonds. The highest BCUT2D eigenvalue weighted by Crippen LogP contribution is 2.29. The summed E-state index contributed by atoms with van der Waals surface area (Å²) in [6.07, 6.45) is 6.66. The average Bonchev–Trinajstić information content (AvgIpc) is 2.25. The van der Waals surface area contributed by atoms with Gasteiger partial charge in [-0.05, 0) is 18.6 Å². The number of halogens is 1. The van der Waals surface area contributed by atoms with Gasteiger partial charge in [-0.15, -0.1) is 12.3 Å². The fourth-order valence-electron chi connectivity index (χ4n) is 1.39. The van der Waals surface area contributed by atoms with E-state index in [2.05, 4.69) is 21.9 Å². The summed E-state index contributed by atoms with van der Waals surface area (Å²) in [4.78, 5) is 0. The lowest BCUT2D eigenvalue weighted by atomic mass is 10.0. The Morgan fingerprint density at radius 3 is 2.93 bits per heavy atom. The second-order valence-electron chi connectivity index (χ2n) is 3.24. The van der Waals surface area contributed by atoms with Gasteiger partial charge in [0.25, 0.3) is 0 Å². The van der Waals surface area contributed by atoms with E-state index in [1.165, 1.54) is 0 Å². The van der Waals surface area contributed by atoms with Crippen molar-refractivity contribution in [2.24, 2.45) is 5.73 Å². The van der Waals surface area contributed by atoms with Crippen molar-refractivity contribution < 1.29 is 4.74 Å². The zero-order chi connectivity index (χ0) is 11.3. The highest BCUT2D eigenvalue weighted by Gasteiger charge is 2.11. The monoisotopic (exact) mass is 267 g/mol. The van der Waals surface area contributed by atoms with Crippen molar-refractivity contribution >= 4 is 15.9 Å². The molecule has 0 radical (unpaired) electrons. The van der Waals surface area contributed by atoms with Crippen molar-refractivity contribution in [3.05, 3.63) is 28.2 Å². The van der Waals surface area contributed by atoms with Gasteiger partial charge in [0.05, 0.1) is 7.11 Å². The Kier molecular flexibility index (Phi) is 4.67. The number of benzene rings is 1. The van der Waals surface area contributed by atoms with Crippen LogP contribution in [0, 0.1) is 12.3 Å². The van der Waals surface area contributed by atoms with Crippen LogP contribution >= 0.6 is 15.9 Å². The maximum Gasteiger partial charge on any atom is 0.124 e. The third-order valence-electron chi connectivity index (χ3n) is 2.19. The lowest BCUT2D eigenvalue weighted by Gasteiger charge is -2.14. The van der Waals surface area contributed by atoms with E-state index in [9.17, 15) is 0 Å². The Bertz CT molecular complexity index is 370. The molecule has 0 heterocycles. The summed E-state index contributed by atoms with van der Waals surface area (Å²) >= 11 is 3.39. The highest BCUT2D eigenvalue weighted by molar-refractivity contribution is 9.10. The molecule has 1 rings (SSSR count). The molecule has 0 aliphatic carbocycles. The molecule has 80 valence electrons. The van der Waals surface area contributed by atoms with E-state index < -0.39 is 0 Å². The number of ether oxygens (including phenoxy) is 1. The smallest absolute Gasteiger partial charge is 0.124 e. The summed E-state index contributed by atoms with van der Waals surface area (Å²) in [5.74, 6) is 3.39. The van der Waals surface area contributed by atoms with Crippen LogP contribution in [0.3, 0.4) is 0 Å². The van der Waals surface area contributed by atoms with Crippen LogP contribution in [-0.2, 0) is 0 Å². The van der Waals surface area contributed by atoms with Gasteiger partial charge in [0.15, 0.2) is 0 Å². The Hall–Kier alpha value is -0.980. The Morgan fingerprint density at radius 1 is 1.60 bits per heavy atom.